The van der Waals surface area contributed by atoms with E-state index < -0.39 is 0 Å². The lowest BCUT2D eigenvalue weighted by Crippen LogP contribution is -2.39. The number of rotatable bonds is 1. The number of pyridine rings is 1. The highest BCUT2D eigenvalue weighted by molar-refractivity contribution is 5.90. The van der Waals surface area contributed by atoms with E-state index in [2.05, 4.69) is 4.98 Å². The molecule has 100 valence electrons. The molecular formula is C15H14N3O2+. The number of hydrogen-bond acceptors (Lipinski definition) is 2. The van der Waals surface area contributed by atoms with Gasteiger partial charge in [-0.05, 0) is 11.6 Å². The average Bonchev–Trinajstić information content (AvgIpc) is 2.51. The number of benzene rings is 1. The van der Waals surface area contributed by atoms with Crippen molar-refractivity contribution >= 4 is 11.0 Å². The lowest BCUT2D eigenvalue weighted by Gasteiger charge is -2.06. The van der Waals surface area contributed by atoms with Crippen molar-refractivity contribution < 1.29 is 4.98 Å². The number of aromatic amines is 1. The molecule has 0 unspecified atom stereocenters. The minimum absolute atomic E-state index is 0.293. The van der Waals surface area contributed by atoms with E-state index in [-0.39, 0.29) is 11.2 Å². The molecule has 0 fully saturated rings. The van der Waals surface area contributed by atoms with Gasteiger partial charge in [0.25, 0.3) is 11.2 Å². The summed E-state index contributed by atoms with van der Waals surface area (Å²) in [5.74, 6) is 0. The Morgan fingerprint density at radius 3 is 2.35 bits per heavy atom. The highest BCUT2D eigenvalue weighted by Gasteiger charge is 2.18. The van der Waals surface area contributed by atoms with E-state index in [1.54, 1.807) is 13.2 Å². The van der Waals surface area contributed by atoms with Crippen molar-refractivity contribution in [1.82, 2.24) is 9.13 Å². The van der Waals surface area contributed by atoms with Crippen LogP contribution in [0.2, 0.25) is 0 Å². The first-order valence-corrected chi connectivity index (χ1v) is 6.27. The molecule has 0 atom stereocenters. The summed E-state index contributed by atoms with van der Waals surface area (Å²) >= 11 is 0. The number of H-pyrrole nitrogens is 1. The molecule has 3 aromatic rings. The van der Waals surface area contributed by atoms with E-state index >= 15 is 0 Å². The van der Waals surface area contributed by atoms with Gasteiger partial charge in [0.1, 0.15) is 5.39 Å². The van der Waals surface area contributed by atoms with Crippen molar-refractivity contribution in [3.05, 3.63) is 63.4 Å². The van der Waals surface area contributed by atoms with Crippen LogP contribution in [0, 0.1) is 0 Å². The monoisotopic (exact) mass is 268 g/mol. The summed E-state index contributed by atoms with van der Waals surface area (Å²) in [4.78, 5) is 27.4. The van der Waals surface area contributed by atoms with Crippen molar-refractivity contribution in [2.45, 2.75) is 0 Å². The molecule has 3 rings (SSSR count). The van der Waals surface area contributed by atoms with Gasteiger partial charge in [-0.25, -0.2) is 14.3 Å². The van der Waals surface area contributed by atoms with Crippen molar-refractivity contribution in [1.29, 1.82) is 0 Å². The van der Waals surface area contributed by atoms with Gasteiger partial charge in [-0.3, -0.25) is 4.79 Å². The molecule has 2 heterocycles. The van der Waals surface area contributed by atoms with E-state index in [1.807, 2.05) is 36.4 Å². The molecular weight excluding hydrogens is 254 g/mol. The Morgan fingerprint density at radius 1 is 0.950 bits per heavy atom. The summed E-state index contributed by atoms with van der Waals surface area (Å²) in [6.45, 7) is 0. The number of fused-ring (bicyclic) bond motifs is 1. The first kappa shape index (κ1) is 12.3. The molecule has 5 nitrogen and oxygen atoms in total. The molecule has 0 radical (unpaired) electrons. The number of aromatic nitrogens is 3. The van der Waals surface area contributed by atoms with Crippen LogP contribution in [0.4, 0.5) is 0 Å². The van der Waals surface area contributed by atoms with Crippen LogP contribution < -0.4 is 16.2 Å². The standard InChI is InChI=1S/C15H13N3O2/c1-17-13-12(14(19)18(2)15(17)20)11(8-9-16-13)10-6-4-3-5-7-10/h3-9H,1-2H3/p+1. The van der Waals surface area contributed by atoms with Gasteiger partial charge in [-0.1, -0.05) is 30.3 Å². The molecule has 1 aromatic carbocycles. The summed E-state index contributed by atoms with van der Waals surface area (Å²) in [5, 5.41) is 0.517. The fourth-order valence-electron chi connectivity index (χ4n) is 2.40. The molecule has 1 N–H and O–H groups in total. The second kappa shape index (κ2) is 4.45. The summed E-state index contributed by atoms with van der Waals surface area (Å²) in [6, 6.07) is 11.5. The van der Waals surface area contributed by atoms with Gasteiger partial charge in [0.2, 0.25) is 0 Å². The first-order valence-electron chi connectivity index (χ1n) is 6.27. The first-order chi connectivity index (χ1) is 9.61. The average molecular weight is 268 g/mol. The zero-order valence-corrected chi connectivity index (χ0v) is 11.3. The van der Waals surface area contributed by atoms with Gasteiger partial charge >= 0.3 is 5.69 Å². The van der Waals surface area contributed by atoms with Crippen LogP contribution in [0.1, 0.15) is 0 Å². The van der Waals surface area contributed by atoms with E-state index in [0.717, 1.165) is 15.7 Å². The van der Waals surface area contributed by atoms with Crippen LogP contribution in [0.3, 0.4) is 0 Å². The van der Waals surface area contributed by atoms with E-state index in [0.29, 0.717) is 11.0 Å². The van der Waals surface area contributed by atoms with E-state index in [1.165, 1.54) is 11.6 Å². The Labute approximate surface area is 114 Å². The van der Waals surface area contributed by atoms with Gasteiger partial charge in [0.15, 0.2) is 0 Å². The molecule has 20 heavy (non-hydrogen) atoms. The molecule has 0 saturated carbocycles. The second-order valence-corrected chi connectivity index (χ2v) is 4.69. The van der Waals surface area contributed by atoms with E-state index in [4.69, 9.17) is 0 Å². The normalized spacial score (nSPS) is 10.9. The Kier molecular flexibility index (Phi) is 2.75. The van der Waals surface area contributed by atoms with Gasteiger partial charge < -0.3 is 0 Å². The molecule has 0 aliphatic heterocycles. The molecule has 2 aromatic heterocycles. The topological polar surface area (TPSA) is 58.1 Å². The maximum atomic E-state index is 12.4. The van der Waals surface area contributed by atoms with E-state index in [9.17, 15) is 9.59 Å². The molecule has 0 aliphatic carbocycles. The maximum Gasteiger partial charge on any atom is 0.417 e. The van der Waals surface area contributed by atoms with Crippen LogP contribution in [-0.2, 0) is 14.1 Å². The summed E-state index contributed by atoms with van der Waals surface area (Å²) in [6.07, 6.45) is 1.74. The van der Waals surface area contributed by atoms with Gasteiger partial charge in [-0.2, -0.15) is 4.57 Å². The van der Waals surface area contributed by atoms with Gasteiger partial charge in [0.05, 0.1) is 13.2 Å². The maximum absolute atomic E-state index is 12.4. The molecule has 0 spiro atoms. The summed E-state index contributed by atoms with van der Waals surface area (Å²) in [5.41, 5.74) is 1.65. The largest absolute Gasteiger partial charge is 0.417 e. The van der Waals surface area contributed by atoms with Gasteiger partial charge in [0, 0.05) is 12.6 Å². The third-order valence-corrected chi connectivity index (χ3v) is 3.49. The summed E-state index contributed by atoms with van der Waals surface area (Å²) < 4.78 is 2.58. The zero-order chi connectivity index (χ0) is 14.3. The van der Waals surface area contributed by atoms with Crippen LogP contribution in [0.25, 0.3) is 22.2 Å². The highest BCUT2D eigenvalue weighted by Crippen LogP contribution is 2.22. The van der Waals surface area contributed by atoms with Crippen LogP contribution in [-0.4, -0.2) is 9.13 Å². The van der Waals surface area contributed by atoms with Gasteiger partial charge in [-0.15, -0.1) is 0 Å². The Balaban J connectivity index is 2.54. The zero-order valence-electron chi connectivity index (χ0n) is 11.3. The Hall–Kier alpha value is -2.69. The van der Waals surface area contributed by atoms with Crippen LogP contribution in [0.5, 0.6) is 0 Å². The summed E-state index contributed by atoms with van der Waals surface area (Å²) in [7, 11) is 3.14. The van der Waals surface area contributed by atoms with Crippen LogP contribution >= 0.6 is 0 Å². The number of nitrogens with one attached hydrogen (secondary N) is 1. The number of nitrogens with zero attached hydrogens (tertiary/aromatic N) is 2. The van der Waals surface area contributed by atoms with Crippen molar-refractivity contribution in [2.24, 2.45) is 14.1 Å². The molecule has 0 aliphatic rings. The fraction of sp³-hybridized carbons (Fsp3) is 0.133. The fourth-order valence-corrected chi connectivity index (χ4v) is 2.40. The molecule has 5 heteroatoms. The number of aryl methyl sites for hydroxylation is 1. The number of hydrogen-bond donors (Lipinski definition) is 0. The van der Waals surface area contributed by atoms with Crippen LogP contribution in [0.15, 0.2) is 52.2 Å². The predicted molar refractivity (Wildman–Crippen MR) is 76.4 cm³/mol. The highest BCUT2D eigenvalue weighted by atomic mass is 16.2. The minimum Gasteiger partial charge on any atom is -0.268 e. The second-order valence-electron chi connectivity index (χ2n) is 4.69. The third kappa shape index (κ3) is 1.67. The predicted octanol–water partition coefficient (Wildman–Crippen LogP) is 0.718. The lowest BCUT2D eigenvalue weighted by molar-refractivity contribution is -0.349. The van der Waals surface area contributed by atoms with Crippen molar-refractivity contribution in [2.75, 3.05) is 0 Å². The Morgan fingerprint density at radius 2 is 1.65 bits per heavy atom. The third-order valence-electron chi connectivity index (χ3n) is 3.49. The smallest absolute Gasteiger partial charge is 0.268 e. The molecule has 0 saturated heterocycles. The van der Waals surface area contributed by atoms with Crippen molar-refractivity contribution in [3.8, 4) is 11.1 Å². The molecule has 0 bridgehead atoms. The minimum atomic E-state index is -0.344. The quantitative estimate of drug-likeness (QED) is 0.653. The molecule has 0 amide bonds. The lowest BCUT2D eigenvalue weighted by atomic mass is 10.0. The SMILES string of the molecule is Cn1c(=O)c2c(-c3ccccc3)cc[nH+]c2n(C)c1=O. The Bertz CT molecular complexity index is 908. The van der Waals surface area contributed by atoms with Crippen molar-refractivity contribution in [3.63, 3.8) is 0 Å².